The van der Waals surface area contributed by atoms with Crippen LogP contribution in [0.25, 0.3) is 0 Å². The highest BCUT2D eigenvalue weighted by Crippen LogP contribution is 2.27. The zero-order chi connectivity index (χ0) is 12.2. The summed E-state index contributed by atoms with van der Waals surface area (Å²) in [6.45, 7) is 6.50. The number of hydrogen-bond acceptors (Lipinski definition) is 2. The van der Waals surface area contributed by atoms with E-state index < -0.39 is 5.54 Å². The zero-order valence-electron chi connectivity index (χ0n) is 10.3. The lowest BCUT2D eigenvalue weighted by molar-refractivity contribution is 0.578. The van der Waals surface area contributed by atoms with Crippen LogP contribution in [-0.2, 0) is 12.8 Å². The predicted molar refractivity (Wildman–Crippen MR) is 66.9 cm³/mol. The summed E-state index contributed by atoms with van der Waals surface area (Å²) in [4.78, 5) is 0. The molecule has 0 amide bonds. The average Bonchev–Trinajstić information content (AvgIpc) is 2.54. The smallest absolute Gasteiger partial charge is 0.112 e. The minimum Gasteiger partial charge on any atom is -0.313 e. The maximum absolute atomic E-state index is 8.82. The second-order valence-electron chi connectivity index (χ2n) is 5.12. The minimum atomic E-state index is -0.649. The average molecular weight is 216 g/mol. The highest BCUT2D eigenvalue weighted by molar-refractivity contribution is 5.39. The monoisotopic (exact) mass is 216 g/mol. The quantitative estimate of drug-likeness (QED) is 0.724. The fourth-order valence-corrected chi connectivity index (χ4v) is 1.72. The summed E-state index contributed by atoms with van der Waals surface area (Å²) in [5, 5.41) is 8.82. The van der Waals surface area contributed by atoms with E-state index in [-0.39, 0.29) is 0 Å². The molecular formula is C14H20N2. The van der Waals surface area contributed by atoms with Gasteiger partial charge in [-0.2, -0.15) is 5.26 Å². The van der Waals surface area contributed by atoms with Gasteiger partial charge >= 0.3 is 0 Å². The Kier molecular flexibility index (Phi) is 4.09. The van der Waals surface area contributed by atoms with E-state index >= 15 is 0 Å². The minimum absolute atomic E-state index is 0.649. The van der Waals surface area contributed by atoms with Crippen molar-refractivity contribution in [2.75, 3.05) is 0 Å². The van der Waals surface area contributed by atoms with Gasteiger partial charge in [0.15, 0.2) is 0 Å². The van der Waals surface area contributed by atoms with Crippen molar-refractivity contribution in [3.8, 4) is 6.07 Å². The van der Waals surface area contributed by atoms with E-state index in [1.165, 1.54) is 11.1 Å². The lowest BCUT2D eigenvalue weighted by Gasteiger charge is -2.11. The summed E-state index contributed by atoms with van der Waals surface area (Å²) in [6.07, 6.45) is 1.39. The second kappa shape index (κ2) is 5.14. The van der Waals surface area contributed by atoms with Crippen molar-refractivity contribution in [1.29, 1.82) is 5.26 Å². The summed E-state index contributed by atoms with van der Waals surface area (Å²) in [5.41, 5.74) is 7.65. The molecule has 0 fully saturated rings. The van der Waals surface area contributed by atoms with E-state index in [1.807, 2.05) is 24.3 Å². The van der Waals surface area contributed by atoms with E-state index in [2.05, 4.69) is 26.8 Å². The summed E-state index contributed by atoms with van der Waals surface area (Å²) < 4.78 is 0. The van der Waals surface area contributed by atoms with Gasteiger partial charge in [-0.05, 0) is 17.0 Å². The van der Waals surface area contributed by atoms with Gasteiger partial charge in [0.1, 0.15) is 5.54 Å². The molecule has 0 unspecified atom stereocenters. The molecule has 0 spiro atoms. The fraction of sp³-hybridized carbons (Fsp3) is 0.500. The molecule has 2 rings (SSSR count). The van der Waals surface area contributed by atoms with Gasteiger partial charge in [0, 0.05) is 12.8 Å². The third-order valence-electron chi connectivity index (χ3n) is 2.35. The van der Waals surface area contributed by atoms with Crippen molar-refractivity contribution in [3.05, 3.63) is 35.4 Å². The first kappa shape index (κ1) is 12.7. The highest BCUT2D eigenvalue weighted by atomic mass is 14.7. The molecule has 0 saturated carbocycles. The first-order valence-corrected chi connectivity index (χ1v) is 5.74. The van der Waals surface area contributed by atoms with E-state index in [4.69, 9.17) is 11.0 Å². The van der Waals surface area contributed by atoms with Crippen LogP contribution in [0.1, 0.15) is 31.9 Å². The number of benzene rings is 1. The molecular weight excluding hydrogens is 196 g/mol. The van der Waals surface area contributed by atoms with E-state index in [0.717, 1.165) is 5.92 Å². The Balaban J connectivity index is 0.000000280. The van der Waals surface area contributed by atoms with Crippen LogP contribution in [0.5, 0.6) is 0 Å². The Labute approximate surface area is 98.1 Å². The number of nitrogens with two attached hydrogens (primary N) is 1. The third-order valence-corrected chi connectivity index (χ3v) is 2.35. The largest absolute Gasteiger partial charge is 0.313 e. The Hall–Kier alpha value is -1.33. The van der Waals surface area contributed by atoms with Gasteiger partial charge < -0.3 is 5.73 Å². The van der Waals surface area contributed by atoms with Gasteiger partial charge in [-0.15, -0.1) is 0 Å². The molecule has 0 atom stereocenters. The van der Waals surface area contributed by atoms with Gasteiger partial charge in [-0.1, -0.05) is 45.0 Å². The van der Waals surface area contributed by atoms with Crippen LogP contribution in [0.15, 0.2) is 24.3 Å². The summed E-state index contributed by atoms with van der Waals surface area (Å²) in [6, 6.07) is 10.2. The van der Waals surface area contributed by atoms with Gasteiger partial charge in [-0.25, -0.2) is 0 Å². The maximum atomic E-state index is 8.82. The molecule has 0 heterocycles. The highest BCUT2D eigenvalue weighted by Gasteiger charge is 2.32. The molecule has 16 heavy (non-hydrogen) atoms. The van der Waals surface area contributed by atoms with Crippen LogP contribution in [-0.4, -0.2) is 5.54 Å². The summed E-state index contributed by atoms with van der Waals surface area (Å²) in [5.74, 6) is 0.833. The van der Waals surface area contributed by atoms with Crippen LogP contribution in [0.4, 0.5) is 0 Å². The number of hydrogen-bond donors (Lipinski definition) is 1. The van der Waals surface area contributed by atoms with Gasteiger partial charge in [0.05, 0.1) is 6.07 Å². The number of nitriles is 1. The predicted octanol–water partition coefficient (Wildman–Crippen LogP) is 2.67. The third kappa shape index (κ3) is 3.36. The van der Waals surface area contributed by atoms with Crippen molar-refractivity contribution in [3.63, 3.8) is 0 Å². The number of rotatable bonds is 0. The molecule has 1 aromatic rings. The molecule has 86 valence electrons. The fourth-order valence-electron chi connectivity index (χ4n) is 1.72. The lowest BCUT2D eigenvalue weighted by Crippen LogP contribution is -2.38. The standard InChI is InChI=1S/C10H10N2.C4H10/c11-7-10(12)5-8-3-1-2-4-9(8)6-10;1-4(2)3/h1-4H,5-6,12H2;4H,1-3H3. The van der Waals surface area contributed by atoms with Crippen LogP contribution < -0.4 is 5.73 Å². The Bertz CT molecular complexity index is 360. The van der Waals surface area contributed by atoms with Crippen LogP contribution in [0.3, 0.4) is 0 Å². The molecule has 0 bridgehead atoms. The van der Waals surface area contributed by atoms with Gasteiger partial charge in [-0.3, -0.25) is 0 Å². The van der Waals surface area contributed by atoms with Crippen molar-refractivity contribution in [1.82, 2.24) is 0 Å². The molecule has 2 heteroatoms. The zero-order valence-corrected chi connectivity index (χ0v) is 10.3. The molecule has 1 aromatic carbocycles. The van der Waals surface area contributed by atoms with Crippen LogP contribution in [0.2, 0.25) is 0 Å². The number of nitrogens with zero attached hydrogens (tertiary/aromatic N) is 1. The van der Waals surface area contributed by atoms with Crippen molar-refractivity contribution < 1.29 is 0 Å². The SMILES string of the molecule is CC(C)C.N#CC1(N)Cc2ccccc2C1. The Morgan fingerprint density at radius 2 is 1.56 bits per heavy atom. The summed E-state index contributed by atoms with van der Waals surface area (Å²) >= 11 is 0. The molecule has 0 aliphatic heterocycles. The molecule has 0 aromatic heterocycles. The molecule has 1 aliphatic carbocycles. The van der Waals surface area contributed by atoms with Gasteiger partial charge in [0.25, 0.3) is 0 Å². The molecule has 2 N–H and O–H groups in total. The second-order valence-corrected chi connectivity index (χ2v) is 5.12. The lowest BCUT2D eigenvalue weighted by atomic mass is 10.00. The Morgan fingerprint density at radius 3 is 1.88 bits per heavy atom. The van der Waals surface area contributed by atoms with Crippen LogP contribution >= 0.6 is 0 Å². The van der Waals surface area contributed by atoms with Crippen molar-refractivity contribution in [2.45, 2.75) is 39.2 Å². The molecule has 2 nitrogen and oxygen atoms in total. The summed E-state index contributed by atoms with van der Waals surface area (Å²) in [7, 11) is 0. The van der Waals surface area contributed by atoms with E-state index in [1.54, 1.807) is 0 Å². The van der Waals surface area contributed by atoms with E-state index in [0.29, 0.717) is 12.8 Å². The first-order valence-electron chi connectivity index (χ1n) is 5.74. The normalized spacial score (nSPS) is 16.0. The topological polar surface area (TPSA) is 49.8 Å². The first-order chi connectivity index (χ1) is 7.47. The van der Waals surface area contributed by atoms with E-state index in [9.17, 15) is 0 Å². The Morgan fingerprint density at radius 1 is 1.19 bits per heavy atom. The van der Waals surface area contributed by atoms with Crippen molar-refractivity contribution in [2.24, 2.45) is 11.7 Å². The van der Waals surface area contributed by atoms with Gasteiger partial charge in [0.2, 0.25) is 0 Å². The molecule has 0 saturated heterocycles. The number of fused-ring (bicyclic) bond motifs is 1. The molecule has 0 radical (unpaired) electrons. The maximum Gasteiger partial charge on any atom is 0.112 e. The van der Waals surface area contributed by atoms with Crippen molar-refractivity contribution >= 4 is 0 Å². The van der Waals surface area contributed by atoms with Crippen LogP contribution in [0, 0.1) is 17.2 Å². The molecule has 1 aliphatic rings.